The lowest BCUT2D eigenvalue weighted by molar-refractivity contribution is 0.0942. The van der Waals surface area contributed by atoms with Crippen LogP contribution in [0, 0.1) is 6.92 Å². The minimum absolute atomic E-state index is 0.139. The highest BCUT2D eigenvalue weighted by atomic mass is 32.1. The molecule has 0 spiro atoms. The van der Waals surface area contributed by atoms with E-state index in [2.05, 4.69) is 37.7 Å². The number of fused-ring (bicyclic) bond motifs is 1. The average Bonchev–Trinajstić information content (AvgIpc) is 3.57. The lowest BCUT2D eigenvalue weighted by Gasteiger charge is -2.26. The molecule has 4 heterocycles. The lowest BCUT2D eigenvalue weighted by Crippen LogP contribution is -2.36. The molecule has 1 fully saturated rings. The molecule has 0 aliphatic carbocycles. The van der Waals surface area contributed by atoms with E-state index in [9.17, 15) is 9.59 Å². The summed E-state index contributed by atoms with van der Waals surface area (Å²) < 4.78 is 0. The number of hydrogen-bond acceptors (Lipinski definition) is 6. The zero-order valence-electron chi connectivity index (χ0n) is 18.5. The lowest BCUT2D eigenvalue weighted by atomic mass is 10.1. The van der Waals surface area contributed by atoms with Crippen molar-refractivity contribution in [1.29, 1.82) is 0 Å². The second-order valence-electron chi connectivity index (χ2n) is 8.40. The third-order valence-electron chi connectivity index (χ3n) is 6.18. The zero-order valence-corrected chi connectivity index (χ0v) is 20.1. The number of carbonyl (C=O) groups is 1. The predicted octanol–water partition coefficient (Wildman–Crippen LogP) is 4.51. The van der Waals surface area contributed by atoms with Crippen molar-refractivity contribution in [1.82, 2.24) is 20.2 Å². The molecule has 170 valence electrons. The van der Waals surface area contributed by atoms with Crippen LogP contribution in [0.4, 0.5) is 0 Å². The first-order valence-electron chi connectivity index (χ1n) is 11.2. The third-order valence-corrected chi connectivity index (χ3v) is 8.34. The maximum atomic E-state index is 13.2. The van der Waals surface area contributed by atoms with Crippen LogP contribution in [0.15, 0.2) is 52.6 Å². The summed E-state index contributed by atoms with van der Waals surface area (Å²) in [6, 6.07) is 14.3. The van der Waals surface area contributed by atoms with Crippen molar-refractivity contribution in [2.75, 3.05) is 19.6 Å². The monoisotopic (exact) mass is 478 g/mol. The molecule has 5 rings (SSSR count). The van der Waals surface area contributed by atoms with E-state index < -0.39 is 0 Å². The van der Waals surface area contributed by atoms with Gasteiger partial charge in [-0.3, -0.25) is 14.5 Å². The highest BCUT2D eigenvalue weighted by Crippen LogP contribution is 2.30. The number of thiophene rings is 2. The zero-order chi connectivity index (χ0) is 22.8. The number of H-pyrrole nitrogens is 1. The minimum atomic E-state index is -0.188. The summed E-state index contributed by atoms with van der Waals surface area (Å²) in [6.07, 6.45) is 2.94. The van der Waals surface area contributed by atoms with Crippen LogP contribution in [0.5, 0.6) is 0 Å². The number of nitrogens with one attached hydrogen (secondary N) is 2. The number of aromatic nitrogens is 2. The molecule has 1 amide bonds. The fraction of sp³-hybridized carbons (Fsp3) is 0.320. The maximum Gasteiger partial charge on any atom is 0.261 e. The summed E-state index contributed by atoms with van der Waals surface area (Å²) in [7, 11) is 0. The Morgan fingerprint density at radius 2 is 1.97 bits per heavy atom. The van der Waals surface area contributed by atoms with E-state index in [1.165, 1.54) is 29.1 Å². The molecule has 4 aromatic rings. The summed E-state index contributed by atoms with van der Waals surface area (Å²) in [5.41, 5.74) is 1.58. The van der Waals surface area contributed by atoms with Crippen LogP contribution in [0.3, 0.4) is 0 Å². The van der Waals surface area contributed by atoms with Gasteiger partial charge in [0.05, 0.1) is 16.3 Å². The van der Waals surface area contributed by atoms with Gasteiger partial charge in [-0.05, 0) is 55.4 Å². The molecule has 1 atom stereocenters. The van der Waals surface area contributed by atoms with Crippen molar-refractivity contribution in [2.45, 2.75) is 32.2 Å². The van der Waals surface area contributed by atoms with Gasteiger partial charge < -0.3 is 10.3 Å². The second-order valence-corrected chi connectivity index (χ2v) is 10.4. The topological polar surface area (TPSA) is 78.1 Å². The Morgan fingerprint density at radius 1 is 1.18 bits per heavy atom. The van der Waals surface area contributed by atoms with Crippen LogP contribution >= 0.6 is 22.7 Å². The van der Waals surface area contributed by atoms with E-state index in [-0.39, 0.29) is 17.5 Å². The molecule has 0 saturated carbocycles. The Kier molecular flexibility index (Phi) is 6.39. The standard InChI is InChI=1S/C25H26N4O2S2/c1-16-21-23(30)27-20(14-17-8-3-2-4-9-17)28-25(21)33-22(16)24(31)26-15-18(19-10-7-13-32-19)29-11-5-6-12-29/h2-4,7-10,13,18H,5-6,11-12,14-15H2,1H3,(H,26,31)(H,27,28,30). The first-order valence-corrected chi connectivity index (χ1v) is 12.9. The van der Waals surface area contributed by atoms with Gasteiger partial charge in [-0.2, -0.15) is 0 Å². The second kappa shape index (κ2) is 9.59. The molecule has 1 aromatic carbocycles. The molecule has 3 aromatic heterocycles. The largest absolute Gasteiger partial charge is 0.349 e. The molecule has 0 radical (unpaired) electrons. The van der Waals surface area contributed by atoms with Crippen molar-refractivity contribution in [3.63, 3.8) is 0 Å². The molecule has 1 saturated heterocycles. The van der Waals surface area contributed by atoms with Crippen LogP contribution in [0.2, 0.25) is 0 Å². The normalized spacial score (nSPS) is 15.2. The van der Waals surface area contributed by atoms with Crippen molar-refractivity contribution >= 4 is 38.8 Å². The van der Waals surface area contributed by atoms with Crippen molar-refractivity contribution in [3.8, 4) is 0 Å². The van der Waals surface area contributed by atoms with Gasteiger partial charge in [0.2, 0.25) is 0 Å². The number of likely N-dealkylation sites (tertiary alicyclic amines) is 1. The number of aryl methyl sites for hydroxylation is 1. The van der Waals surface area contributed by atoms with Gasteiger partial charge >= 0.3 is 0 Å². The van der Waals surface area contributed by atoms with E-state index >= 15 is 0 Å². The summed E-state index contributed by atoms with van der Waals surface area (Å²) in [5.74, 6) is 0.471. The molecule has 1 aliphatic heterocycles. The fourth-order valence-corrected chi connectivity index (χ4v) is 6.47. The smallest absolute Gasteiger partial charge is 0.261 e. The van der Waals surface area contributed by atoms with Crippen molar-refractivity contribution in [3.05, 3.63) is 84.9 Å². The quantitative estimate of drug-likeness (QED) is 0.410. The van der Waals surface area contributed by atoms with Crippen LogP contribution in [-0.4, -0.2) is 40.4 Å². The first-order chi connectivity index (χ1) is 16.1. The van der Waals surface area contributed by atoms with Gasteiger partial charge in [-0.15, -0.1) is 22.7 Å². The highest BCUT2D eigenvalue weighted by molar-refractivity contribution is 7.20. The summed E-state index contributed by atoms with van der Waals surface area (Å²) >= 11 is 3.03. The van der Waals surface area contributed by atoms with Gasteiger partial charge in [0.15, 0.2) is 0 Å². The first kappa shape index (κ1) is 22.0. The highest BCUT2D eigenvalue weighted by Gasteiger charge is 2.26. The number of nitrogens with zero attached hydrogens (tertiary/aromatic N) is 2. The molecular formula is C25H26N4O2S2. The molecule has 1 unspecified atom stereocenters. The molecule has 8 heteroatoms. The maximum absolute atomic E-state index is 13.2. The van der Waals surface area contributed by atoms with Crippen LogP contribution < -0.4 is 10.9 Å². The van der Waals surface area contributed by atoms with E-state index in [1.54, 1.807) is 11.3 Å². The Hall–Kier alpha value is -2.81. The molecular weight excluding hydrogens is 452 g/mol. The van der Waals surface area contributed by atoms with E-state index in [1.807, 2.05) is 37.3 Å². The van der Waals surface area contributed by atoms with E-state index in [0.29, 0.717) is 39.4 Å². The SMILES string of the molecule is Cc1c(C(=O)NCC(c2cccs2)N2CCCC2)sc2nc(Cc3ccccc3)[nH]c(=O)c12. The van der Waals surface area contributed by atoms with Crippen LogP contribution in [0.1, 0.15) is 50.4 Å². The third kappa shape index (κ3) is 4.64. The summed E-state index contributed by atoms with van der Waals surface area (Å²) in [4.78, 5) is 38.4. The molecule has 0 bridgehead atoms. The van der Waals surface area contributed by atoms with Gasteiger partial charge in [0.25, 0.3) is 11.5 Å². The Bertz CT molecular complexity index is 1310. The number of hydrogen-bond donors (Lipinski definition) is 2. The summed E-state index contributed by atoms with van der Waals surface area (Å²) in [5, 5.41) is 5.73. The van der Waals surface area contributed by atoms with Gasteiger partial charge in [0.1, 0.15) is 10.7 Å². The van der Waals surface area contributed by atoms with Gasteiger partial charge in [-0.25, -0.2) is 4.98 Å². The molecule has 1 aliphatic rings. The Balaban J connectivity index is 1.37. The molecule has 33 heavy (non-hydrogen) atoms. The van der Waals surface area contributed by atoms with Crippen molar-refractivity contribution in [2.24, 2.45) is 0 Å². The average molecular weight is 479 g/mol. The van der Waals surface area contributed by atoms with Gasteiger partial charge in [-0.1, -0.05) is 36.4 Å². The van der Waals surface area contributed by atoms with E-state index in [4.69, 9.17) is 0 Å². The van der Waals surface area contributed by atoms with Crippen LogP contribution in [0.25, 0.3) is 10.2 Å². The Labute approximate surface area is 200 Å². The van der Waals surface area contributed by atoms with Crippen LogP contribution in [-0.2, 0) is 6.42 Å². The van der Waals surface area contributed by atoms with Gasteiger partial charge in [0, 0.05) is 17.8 Å². The number of rotatable bonds is 7. The minimum Gasteiger partial charge on any atom is -0.349 e. The number of benzene rings is 1. The number of carbonyl (C=O) groups excluding carboxylic acids is 1. The summed E-state index contributed by atoms with van der Waals surface area (Å²) in [6.45, 7) is 4.50. The number of aromatic amines is 1. The molecule has 2 N–H and O–H groups in total. The number of amides is 1. The predicted molar refractivity (Wildman–Crippen MR) is 134 cm³/mol. The fourth-order valence-electron chi connectivity index (χ4n) is 4.49. The van der Waals surface area contributed by atoms with E-state index in [0.717, 1.165) is 18.7 Å². The van der Waals surface area contributed by atoms with Crippen molar-refractivity contribution < 1.29 is 4.79 Å². The molecule has 6 nitrogen and oxygen atoms in total. The Morgan fingerprint density at radius 3 is 2.70 bits per heavy atom.